The molecule has 1 aliphatic rings. The van der Waals surface area contributed by atoms with E-state index in [-0.39, 0.29) is 10.8 Å². The zero-order chi connectivity index (χ0) is 21.0. The van der Waals surface area contributed by atoms with Crippen molar-refractivity contribution in [1.82, 2.24) is 4.31 Å². The van der Waals surface area contributed by atoms with Crippen molar-refractivity contribution < 1.29 is 17.9 Å². The quantitative estimate of drug-likeness (QED) is 0.693. The number of aryl methyl sites for hydroxylation is 1. The van der Waals surface area contributed by atoms with Gasteiger partial charge in [-0.05, 0) is 54.3 Å². The lowest BCUT2D eigenvalue weighted by Crippen LogP contribution is -2.36. The van der Waals surface area contributed by atoms with Gasteiger partial charge in [0.1, 0.15) is 0 Å². The van der Waals surface area contributed by atoms with Gasteiger partial charge in [0.15, 0.2) is 0 Å². The number of benzene rings is 2. The summed E-state index contributed by atoms with van der Waals surface area (Å²) in [5, 5.41) is 0. The first-order valence-electron chi connectivity index (χ1n) is 9.95. The summed E-state index contributed by atoms with van der Waals surface area (Å²) in [6.07, 6.45) is 1.55. The van der Waals surface area contributed by atoms with Gasteiger partial charge in [0.2, 0.25) is 10.0 Å². The van der Waals surface area contributed by atoms with Crippen molar-refractivity contribution in [2.24, 2.45) is 0 Å². The average Bonchev–Trinajstić information content (AvgIpc) is 2.73. The number of sulfonamides is 1. The second-order valence-electron chi connectivity index (χ2n) is 7.07. The lowest BCUT2D eigenvalue weighted by molar-refractivity contribution is 0.0984. The fourth-order valence-electron chi connectivity index (χ4n) is 3.77. The number of methoxy groups -OCH3 is 1. The third kappa shape index (κ3) is 4.37. The lowest BCUT2D eigenvalue weighted by Gasteiger charge is -2.30. The van der Waals surface area contributed by atoms with Crippen LogP contribution < -0.4 is 4.90 Å². The SMILES string of the molecule is CCN(CC)S(=O)(=O)c1ccc2c(c1)CCCN2C(=O)c1cccc(COC)c1. The molecular weight excluding hydrogens is 388 g/mol. The highest BCUT2D eigenvalue weighted by atomic mass is 32.2. The number of hydrogen-bond donors (Lipinski definition) is 0. The molecule has 0 saturated heterocycles. The molecule has 0 unspecified atom stereocenters. The molecule has 1 aliphatic heterocycles. The second kappa shape index (κ2) is 9.07. The minimum absolute atomic E-state index is 0.0803. The van der Waals surface area contributed by atoms with Crippen molar-refractivity contribution >= 4 is 21.6 Å². The Morgan fingerprint density at radius 3 is 2.59 bits per heavy atom. The maximum Gasteiger partial charge on any atom is 0.258 e. The van der Waals surface area contributed by atoms with E-state index in [1.807, 2.05) is 32.0 Å². The molecule has 0 radical (unpaired) electrons. The fourth-order valence-corrected chi connectivity index (χ4v) is 5.28. The average molecular weight is 417 g/mol. The van der Waals surface area contributed by atoms with Gasteiger partial charge in [0.05, 0.1) is 11.5 Å². The number of carbonyl (C=O) groups is 1. The van der Waals surface area contributed by atoms with Crippen LogP contribution in [0, 0.1) is 0 Å². The first-order valence-corrected chi connectivity index (χ1v) is 11.4. The molecule has 1 amide bonds. The van der Waals surface area contributed by atoms with Crippen LogP contribution in [-0.2, 0) is 27.8 Å². The summed E-state index contributed by atoms with van der Waals surface area (Å²) in [7, 11) is -1.90. The van der Waals surface area contributed by atoms with E-state index >= 15 is 0 Å². The van der Waals surface area contributed by atoms with E-state index in [0.717, 1.165) is 29.7 Å². The minimum atomic E-state index is -3.52. The van der Waals surface area contributed by atoms with E-state index in [2.05, 4.69) is 0 Å². The number of rotatable bonds is 7. The number of ether oxygens (including phenoxy) is 1. The van der Waals surface area contributed by atoms with Crippen LogP contribution in [0.1, 0.15) is 41.8 Å². The number of anilines is 1. The molecule has 0 fully saturated rings. The molecule has 0 spiro atoms. The molecule has 0 atom stereocenters. The first kappa shape index (κ1) is 21.5. The molecule has 0 aliphatic carbocycles. The Balaban J connectivity index is 1.93. The van der Waals surface area contributed by atoms with Crippen molar-refractivity contribution in [1.29, 1.82) is 0 Å². The number of nitrogens with zero attached hydrogens (tertiary/aromatic N) is 2. The van der Waals surface area contributed by atoms with Crippen LogP contribution in [0.4, 0.5) is 5.69 Å². The van der Waals surface area contributed by atoms with Crippen molar-refractivity contribution in [2.75, 3.05) is 31.6 Å². The fraction of sp³-hybridized carbons (Fsp3) is 0.409. The molecular formula is C22H28N2O4S. The van der Waals surface area contributed by atoms with Gasteiger partial charge in [0.25, 0.3) is 5.91 Å². The van der Waals surface area contributed by atoms with Gasteiger partial charge in [-0.25, -0.2) is 8.42 Å². The number of fused-ring (bicyclic) bond motifs is 1. The first-order chi connectivity index (χ1) is 13.9. The van der Waals surface area contributed by atoms with Gasteiger partial charge < -0.3 is 9.64 Å². The summed E-state index contributed by atoms with van der Waals surface area (Å²) in [6, 6.07) is 12.5. The van der Waals surface area contributed by atoms with E-state index in [1.54, 1.807) is 36.3 Å². The highest BCUT2D eigenvalue weighted by Crippen LogP contribution is 2.31. The molecule has 7 heteroatoms. The highest BCUT2D eigenvalue weighted by molar-refractivity contribution is 7.89. The summed E-state index contributed by atoms with van der Waals surface area (Å²) in [5.41, 5.74) is 3.23. The van der Waals surface area contributed by atoms with E-state index in [0.29, 0.717) is 31.8 Å². The maximum atomic E-state index is 13.2. The molecule has 0 aromatic heterocycles. The van der Waals surface area contributed by atoms with E-state index in [4.69, 9.17) is 4.74 Å². The third-order valence-electron chi connectivity index (χ3n) is 5.24. The normalized spacial score (nSPS) is 14.1. The van der Waals surface area contributed by atoms with Gasteiger partial charge in [-0.2, -0.15) is 4.31 Å². The molecule has 156 valence electrons. The molecule has 0 N–H and O–H groups in total. The predicted molar refractivity (Wildman–Crippen MR) is 114 cm³/mol. The zero-order valence-electron chi connectivity index (χ0n) is 17.2. The Hall–Kier alpha value is -2.22. The Labute approximate surface area is 173 Å². The van der Waals surface area contributed by atoms with Gasteiger partial charge in [0, 0.05) is 38.0 Å². The topological polar surface area (TPSA) is 66.9 Å². The Morgan fingerprint density at radius 1 is 1.14 bits per heavy atom. The number of hydrogen-bond acceptors (Lipinski definition) is 4. The number of carbonyl (C=O) groups excluding carboxylic acids is 1. The maximum absolute atomic E-state index is 13.2. The summed E-state index contributed by atoms with van der Waals surface area (Å²) < 4.78 is 32.3. The molecule has 0 saturated carbocycles. The van der Waals surface area contributed by atoms with Crippen molar-refractivity contribution in [2.45, 2.75) is 38.2 Å². The van der Waals surface area contributed by atoms with Gasteiger partial charge >= 0.3 is 0 Å². The van der Waals surface area contributed by atoms with Gasteiger partial charge in [-0.1, -0.05) is 26.0 Å². The van der Waals surface area contributed by atoms with Gasteiger partial charge in [-0.15, -0.1) is 0 Å². The minimum Gasteiger partial charge on any atom is -0.380 e. The molecule has 29 heavy (non-hydrogen) atoms. The monoisotopic (exact) mass is 416 g/mol. The molecule has 3 rings (SSSR count). The van der Waals surface area contributed by atoms with Crippen molar-refractivity contribution in [3.8, 4) is 0 Å². The summed E-state index contributed by atoms with van der Waals surface area (Å²) in [4.78, 5) is 15.2. The van der Waals surface area contributed by atoms with Crippen molar-refractivity contribution in [3.05, 3.63) is 59.2 Å². The largest absolute Gasteiger partial charge is 0.380 e. The molecule has 0 bridgehead atoms. The summed E-state index contributed by atoms with van der Waals surface area (Å²) >= 11 is 0. The molecule has 2 aromatic rings. The summed E-state index contributed by atoms with van der Waals surface area (Å²) in [6.45, 7) is 5.58. The highest BCUT2D eigenvalue weighted by Gasteiger charge is 2.27. The lowest BCUT2D eigenvalue weighted by atomic mass is 10.0. The van der Waals surface area contributed by atoms with Crippen LogP contribution in [0.3, 0.4) is 0 Å². The van der Waals surface area contributed by atoms with E-state index in [9.17, 15) is 13.2 Å². The third-order valence-corrected chi connectivity index (χ3v) is 7.29. The molecule has 2 aromatic carbocycles. The van der Waals surface area contributed by atoms with Crippen LogP contribution in [-0.4, -0.2) is 45.4 Å². The van der Waals surface area contributed by atoms with Crippen LogP contribution in [0.2, 0.25) is 0 Å². The van der Waals surface area contributed by atoms with Gasteiger partial charge in [-0.3, -0.25) is 4.79 Å². The predicted octanol–water partition coefficient (Wildman–Crippen LogP) is 3.46. The Morgan fingerprint density at radius 2 is 1.90 bits per heavy atom. The number of amides is 1. The standard InChI is InChI=1S/C22H28N2O4S/c1-4-23(5-2)29(26,27)20-11-12-21-18(15-20)10-7-13-24(21)22(25)19-9-6-8-17(14-19)16-28-3/h6,8-9,11-12,14-15H,4-5,7,10,13,16H2,1-3H3. The second-order valence-corrected chi connectivity index (χ2v) is 9.01. The Bertz CT molecular complexity index is 984. The van der Waals surface area contributed by atoms with Crippen LogP contribution >= 0.6 is 0 Å². The van der Waals surface area contributed by atoms with Crippen LogP contribution in [0.25, 0.3) is 0 Å². The van der Waals surface area contributed by atoms with Crippen LogP contribution in [0.5, 0.6) is 0 Å². The smallest absolute Gasteiger partial charge is 0.258 e. The van der Waals surface area contributed by atoms with E-state index in [1.165, 1.54) is 4.31 Å². The zero-order valence-corrected chi connectivity index (χ0v) is 18.0. The Kier molecular flexibility index (Phi) is 6.72. The van der Waals surface area contributed by atoms with Crippen molar-refractivity contribution in [3.63, 3.8) is 0 Å². The molecule has 6 nitrogen and oxygen atoms in total. The summed E-state index contributed by atoms with van der Waals surface area (Å²) in [5.74, 6) is -0.0803. The van der Waals surface area contributed by atoms with E-state index < -0.39 is 10.0 Å². The molecule has 1 heterocycles. The van der Waals surface area contributed by atoms with Crippen LogP contribution in [0.15, 0.2) is 47.4 Å².